The molecule has 2 aromatic rings. The van der Waals surface area contributed by atoms with E-state index >= 15 is 0 Å². The van der Waals surface area contributed by atoms with Crippen LogP contribution in [0.4, 0.5) is 0 Å². The predicted molar refractivity (Wildman–Crippen MR) is 100 cm³/mol. The summed E-state index contributed by atoms with van der Waals surface area (Å²) in [5.74, 6) is 0.00615. The lowest BCUT2D eigenvalue weighted by atomic mass is 9.95. The largest absolute Gasteiger partial charge is 0.507 e. The van der Waals surface area contributed by atoms with Gasteiger partial charge in [-0.1, -0.05) is 12.1 Å². The second-order valence-corrected chi connectivity index (χ2v) is 6.48. The number of amides is 1. The summed E-state index contributed by atoms with van der Waals surface area (Å²) in [6, 6.07) is 11.3. The topological polar surface area (TPSA) is 85.3 Å². The zero-order valence-electron chi connectivity index (χ0n) is 15.5. The Hall–Kier alpha value is -3.48. The molecule has 2 heterocycles. The van der Waals surface area contributed by atoms with Gasteiger partial charge < -0.3 is 24.2 Å². The number of benzene rings is 2. The molecule has 1 saturated heterocycles. The van der Waals surface area contributed by atoms with Crippen molar-refractivity contribution in [3.63, 3.8) is 0 Å². The fraction of sp³-hybridized carbons (Fsp3) is 0.238. The summed E-state index contributed by atoms with van der Waals surface area (Å²) in [7, 11) is 1.54. The molecule has 2 aliphatic rings. The number of hydrogen-bond acceptors (Lipinski definition) is 6. The first-order chi connectivity index (χ1) is 13.5. The minimum atomic E-state index is -0.732. The molecule has 2 aromatic carbocycles. The van der Waals surface area contributed by atoms with Crippen molar-refractivity contribution < 1.29 is 28.9 Å². The molecule has 0 spiro atoms. The molecule has 1 amide bonds. The third-order valence-electron chi connectivity index (χ3n) is 4.81. The SMILES string of the molecule is CCOc1cccc(C2/C(=C(\O)c3ccc4c(c3)OCO4)C(=O)C(=O)N2C)c1. The number of likely N-dealkylation sites (tertiary alicyclic amines) is 1. The number of hydrogen-bond donors (Lipinski definition) is 1. The monoisotopic (exact) mass is 381 g/mol. The number of fused-ring (bicyclic) bond motifs is 1. The number of nitrogens with zero attached hydrogens (tertiary/aromatic N) is 1. The van der Waals surface area contributed by atoms with Crippen LogP contribution in [-0.2, 0) is 9.59 Å². The van der Waals surface area contributed by atoms with E-state index in [0.717, 1.165) is 0 Å². The number of Topliss-reactive ketones (excluding diaryl/α,β-unsaturated/α-hetero) is 1. The molecule has 0 saturated carbocycles. The Balaban J connectivity index is 1.82. The van der Waals surface area contributed by atoms with E-state index in [0.29, 0.717) is 35.0 Å². The van der Waals surface area contributed by atoms with Gasteiger partial charge >= 0.3 is 0 Å². The van der Waals surface area contributed by atoms with Crippen LogP contribution >= 0.6 is 0 Å². The van der Waals surface area contributed by atoms with Gasteiger partial charge in [0.15, 0.2) is 11.5 Å². The third-order valence-corrected chi connectivity index (χ3v) is 4.81. The lowest BCUT2D eigenvalue weighted by Crippen LogP contribution is -2.24. The van der Waals surface area contributed by atoms with Crippen LogP contribution in [0.5, 0.6) is 17.2 Å². The normalized spacial score (nSPS) is 19.9. The molecular weight excluding hydrogens is 362 g/mol. The van der Waals surface area contributed by atoms with Gasteiger partial charge in [-0.25, -0.2) is 0 Å². The number of likely N-dealkylation sites (N-methyl/N-ethyl adjacent to an activating group) is 1. The summed E-state index contributed by atoms with van der Waals surface area (Å²) in [5.41, 5.74) is 1.08. The van der Waals surface area contributed by atoms with Crippen molar-refractivity contribution in [2.45, 2.75) is 13.0 Å². The first kappa shape index (κ1) is 17.9. The van der Waals surface area contributed by atoms with Crippen LogP contribution in [-0.4, -0.2) is 42.1 Å². The summed E-state index contributed by atoms with van der Waals surface area (Å²) in [4.78, 5) is 26.4. The zero-order chi connectivity index (χ0) is 19.8. The second-order valence-electron chi connectivity index (χ2n) is 6.48. The van der Waals surface area contributed by atoms with Gasteiger partial charge in [-0.2, -0.15) is 0 Å². The van der Waals surface area contributed by atoms with Gasteiger partial charge in [-0.05, 0) is 42.8 Å². The van der Waals surface area contributed by atoms with Gasteiger partial charge in [0.25, 0.3) is 11.7 Å². The first-order valence-corrected chi connectivity index (χ1v) is 8.88. The fourth-order valence-electron chi connectivity index (χ4n) is 3.48. The van der Waals surface area contributed by atoms with E-state index in [1.807, 2.05) is 6.92 Å². The average molecular weight is 381 g/mol. The molecular formula is C21H19NO6. The number of carbonyl (C=O) groups is 2. The molecule has 1 atom stereocenters. The molecule has 0 aliphatic carbocycles. The van der Waals surface area contributed by atoms with E-state index in [1.165, 1.54) is 11.9 Å². The summed E-state index contributed by atoms with van der Waals surface area (Å²) < 4.78 is 16.1. The van der Waals surface area contributed by atoms with Gasteiger partial charge in [0.05, 0.1) is 18.2 Å². The molecule has 144 valence electrons. The van der Waals surface area contributed by atoms with Crippen LogP contribution in [0.25, 0.3) is 5.76 Å². The maximum Gasteiger partial charge on any atom is 0.295 e. The van der Waals surface area contributed by atoms with Crippen LogP contribution < -0.4 is 14.2 Å². The first-order valence-electron chi connectivity index (χ1n) is 8.88. The quantitative estimate of drug-likeness (QED) is 0.498. The molecule has 2 aliphatic heterocycles. The van der Waals surface area contributed by atoms with Gasteiger partial charge in [-0.3, -0.25) is 9.59 Å². The molecule has 4 rings (SSSR count). The Labute approximate surface area is 161 Å². The highest BCUT2D eigenvalue weighted by Gasteiger charge is 2.44. The van der Waals surface area contributed by atoms with Crippen molar-refractivity contribution in [2.75, 3.05) is 20.4 Å². The average Bonchev–Trinajstić information content (AvgIpc) is 3.26. The van der Waals surface area contributed by atoms with E-state index in [4.69, 9.17) is 14.2 Å². The standard InChI is InChI=1S/C21H19NO6/c1-3-26-14-6-4-5-12(9-14)18-17(20(24)21(25)22(18)2)19(23)13-7-8-15-16(10-13)28-11-27-15/h4-10,18,23H,3,11H2,1-2H3/b19-17+. The zero-order valence-corrected chi connectivity index (χ0v) is 15.5. The number of aliphatic hydroxyl groups is 1. The van der Waals surface area contributed by atoms with Gasteiger partial charge in [-0.15, -0.1) is 0 Å². The van der Waals surface area contributed by atoms with Crippen molar-refractivity contribution in [2.24, 2.45) is 0 Å². The summed E-state index contributed by atoms with van der Waals surface area (Å²) >= 11 is 0. The fourth-order valence-corrected chi connectivity index (χ4v) is 3.48. The van der Waals surface area contributed by atoms with E-state index in [2.05, 4.69) is 0 Å². The molecule has 1 unspecified atom stereocenters. The van der Waals surface area contributed by atoms with E-state index in [9.17, 15) is 14.7 Å². The van der Waals surface area contributed by atoms with Gasteiger partial charge in [0, 0.05) is 12.6 Å². The van der Waals surface area contributed by atoms with Crippen molar-refractivity contribution in [1.82, 2.24) is 4.90 Å². The number of carbonyl (C=O) groups excluding carboxylic acids is 2. The molecule has 7 nitrogen and oxygen atoms in total. The Morgan fingerprint density at radius 1 is 1.18 bits per heavy atom. The molecule has 1 N–H and O–H groups in total. The van der Waals surface area contributed by atoms with E-state index in [-0.39, 0.29) is 18.1 Å². The van der Waals surface area contributed by atoms with Crippen LogP contribution in [0, 0.1) is 0 Å². The Morgan fingerprint density at radius 3 is 2.75 bits per heavy atom. The maximum absolute atomic E-state index is 12.7. The van der Waals surface area contributed by atoms with Crippen molar-refractivity contribution in [3.8, 4) is 17.2 Å². The minimum Gasteiger partial charge on any atom is -0.507 e. The van der Waals surface area contributed by atoms with Crippen molar-refractivity contribution >= 4 is 17.4 Å². The summed E-state index contributed by atoms with van der Waals surface area (Å²) in [6.45, 7) is 2.47. The second kappa shape index (κ2) is 6.92. The number of rotatable bonds is 4. The number of ketones is 1. The highest BCUT2D eigenvalue weighted by molar-refractivity contribution is 6.46. The number of ether oxygens (including phenoxy) is 3. The molecule has 1 fully saturated rings. The van der Waals surface area contributed by atoms with Crippen LogP contribution in [0.2, 0.25) is 0 Å². The Kier molecular flexibility index (Phi) is 4.43. The highest BCUT2D eigenvalue weighted by atomic mass is 16.7. The lowest BCUT2D eigenvalue weighted by Gasteiger charge is -2.21. The van der Waals surface area contributed by atoms with Crippen molar-refractivity contribution in [3.05, 3.63) is 59.2 Å². The van der Waals surface area contributed by atoms with Gasteiger partial charge in [0.1, 0.15) is 11.5 Å². The predicted octanol–water partition coefficient (Wildman–Crippen LogP) is 2.87. The Bertz CT molecular complexity index is 996. The minimum absolute atomic E-state index is 0.0278. The Morgan fingerprint density at radius 2 is 1.96 bits per heavy atom. The summed E-state index contributed by atoms with van der Waals surface area (Å²) in [6.07, 6.45) is 0. The third kappa shape index (κ3) is 2.85. The molecule has 0 bridgehead atoms. The van der Waals surface area contributed by atoms with Crippen LogP contribution in [0.15, 0.2) is 48.0 Å². The van der Waals surface area contributed by atoms with E-state index in [1.54, 1.807) is 42.5 Å². The molecule has 0 aromatic heterocycles. The summed E-state index contributed by atoms with van der Waals surface area (Å²) in [5, 5.41) is 10.9. The van der Waals surface area contributed by atoms with Crippen LogP contribution in [0.1, 0.15) is 24.1 Å². The van der Waals surface area contributed by atoms with Gasteiger partial charge in [0.2, 0.25) is 6.79 Å². The van der Waals surface area contributed by atoms with E-state index < -0.39 is 17.7 Å². The molecule has 7 heteroatoms. The smallest absolute Gasteiger partial charge is 0.295 e. The highest BCUT2D eigenvalue weighted by Crippen LogP contribution is 2.41. The maximum atomic E-state index is 12.7. The molecule has 28 heavy (non-hydrogen) atoms. The lowest BCUT2D eigenvalue weighted by molar-refractivity contribution is -0.139. The molecule has 0 radical (unpaired) electrons. The number of aliphatic hydroxyl groups excluding tert-OH is 1. The van der Waals surface area contributed by atoms with Crippen molar-refractivity contribution in [1.29, 1.82) is 0 Å². The van der Waals surface area contributed by atoms with Crippen LogP contribution in [0.3, 0.4) is 0 Å².